The van der Waals surface area contributed by atoms with Gasteiger partial charge in [0.2, 0.25) is 0 Å². The van der Waals surface area contributed by atoms with Crippen molar-refractivity contribution in [3.63, 3.8) is 0 Å². The molecule has 0 aliphatic carbocycles. The summed E-state index contributed by atoms with van der Waals surface area (Å²) in [5.41, 5.74) is 0. The Balaban J connectivity index is 3.91. The third-order valence-corrected chi connectivity index (χ3v) is 1.76. The van der Waals surface area contributed by atoms with E-state index in [0.29, 0.717) is 5.92 Å². The van der Waals surface area contributed by atoms with E-state index in [1.54, 1.807) is 19.9 Å². The summed E-state index contributed by atoms with van der Waals surface area (Å²) in [5.74, 6) is -2.77. The molecular formula is C10H18F2. The highest BCUT2D eigenvalue weighted by atomic mass is 19.3. The average molecular weight is 176 g/mol. The maximum absolute atomic E-state index is 12.9. The van der Waals surface area contributed by atoms with Crippen molar-refractivity contribution in [2.75, 3.05) is 0 Å². The molecule has 0 unspecified atom stereocenters. The molecule has 0 aliphatic heterocycles. The molecule has 0 spiro atoms. The smallest absolute Gasteiger partial charge is 0.206 e. The molecule has 0 fully saturated rings. The SMILES string of the molecule is CC(C)/C=C/CC(F)(F)C(C)C. The second-order valence-corrected chi connectivity index (χ2v) is 3.79. The maximum Gasteiger partial charge on any atom is 0.253 e. The second kappa shape index (κ2) is 4.58. The quantitative estimate of drug-likeness (QED) is 0.570. The van der Waals surface area contributed by atoms with Crippen LogP contribution in [0.1, 0.15) is 34.1 Å². The van der Waals surface area contributed by atoms with E-state index < -0.39 is 11.8 Å². The molecule has 0 aromatic rings. The zero-order chi connectivity index (χ0) is 9.78. The third kappa shape index (κ3) is 4.47. The summed E-state index contributed by atoms with van der Waals surface area (Å²) in [6.45, 7) is 7.04. The molecule has 0 aromatic heterocycles. The number of hydrogen-bond donors (Lipinski definition) is 0. The van der Waals surface area contributed by atoms with Gasteiger partial charge in [0.25, 0.3) is 5.92 Å². The van der Waals surface area contributed by atoms with E-state index in [1.165, 1.54) is 0 Å². The molecule has 12 heavy (non-hydrogen) atoms. The molecule has 0 amide bonds. The molecular weight excluding hydrogens is 158 g/mol. The second-order valence-electron chi connectivity index (χ2n) is 3.79. The molecule has 0 bridgehead atoms. The van der Waals surface area contributed by atoms with Crippen LogP contribution in [0.3, 0.4) is 0 Å². The zero-order valence-corrected chi connectivity index (χ0v) is 8.27. The lowest BCUT2D eigenvalue weighted by molar-refractivity contribution is -0.0414. The van der Waals surface area contributed by atoms with Crippen molar-refractivity contribution in [3.05, 3.63) is 12.2 Å². The van der Waals surface area contributed by atoms with Gasteiger partial charge in [-0.25, -0.2) is 8.78 Å². The Labute approximate surface area is 73.7 Å². The normalized spacial score (nSPS) is 13.7. The minimum Gasteiger partial charge on any atom is -0.206 e. The topological polar surface area (TPSA) is 0 Å². The Hall–Kier alpha value is -0.400. The van der Waals surface area contributed by atoms with E-state index in [4.69, 9.17) is 0 Å². The summed E-state index contributed by atoms with van der Waals surface area (Å²) in [7, 11) is 0. The predicted octanol–water partition coefficient (Wildman–Crippen LogP) is 3.88. The summed E-state index contributed by atoms with van der Waals surface area (Å²) in [5, 5.41) is 0. The summed E-state index contributed by atoms with van der Waals surface area (Å²) in [4.78, 5) is 0. The van der Waals surface area contributed by atoms with Gasteiger partial charge in [-0.2, -0.15) is 0 Å². The molecule has 0 saturated carbocycles. The van der Waals surface area contributed by atoms with Crippen molar-refractivity contribution in [2.45, 2.75) is 40.0 Å². The largest absolute Gasteiger partial charge is 0.253 e. The van der Waals surface area contributed by atoms with Crippen molar-refractivity contribution >= 4 is 0 Å². The fourth-order valence-electron chi connectivity index (χ4n) is 0.733. The lowest BCUT2D eigenvalue weighted by atomic mass is 10.0. The van der Waals surface area contributed by atoms with Gasteiger partial charge in [0.15, 0.2) is 0 Å². The van der Waals surface area contributed by atoms with Gasteiger partial charge in [0.1, 0.15) is 0 Å². The van der Waals surface area contributed by atoms with Gasteiger partial charge in [-0.3, -0.25) is 0 Å². The van der Waals surface area contributed by atoms with Crippen molar-refractivity contribution in [3.8, 4) is 0 Å². The molecule has 0 aliphatic rings. The molecule has 0 aromatic carbocycles. The molecule has 0 rings (SSSR count). The highest BCUT2D eigenvalue weighted by Crippen LogP contribution is 2.28. The van der Waals surface area contributed by atoms with E-state index in [2.05, 4.69) is 0 Å². The lowest BCUT2D eigenvalue weighted by Gasteiger charge is -2.18. The van der Waals surface area contributed by atoms with Crippen LogP contribution < -0.4 is 0 Å². The van der Waals surface area contributed by atoms with Gasteiger partial charge >= 0.3 is 0 Å². The lowest BCUT2D eigenvalue weighted by Crippen LogP contribution is -2.22. The number of hydrogen-bond acceptors (Lipinski definition) is 0. The zero-order valence-electron chi connectivity index (χ0n) is 8.27. The predicted molar refractivity (Wildman–Crippen MR) is 48.4 cm³/mol. The van der Waals surface area contributed by atoms with E-state index in [0.717, 1.165) is 0 Å². The van der Waals surface area contributed by atoms with Crippen molar-refractivity contribution in [2.24, 2.45) is 11.8 Å². The number of alkyl halides is 2. The van der Waals surface area contributed by atoms with Crippen LogP contribution in [-0.4, -0.2) is 5.92 Å². The Kier molecular flexibility index (Phi) is 4.43. The van der Waals surface area contributed by atoms with Crippen molar-refractivity contribution < 1.29 is 8.78 Å². The van der Waals surface area contributed by atoms with Crippen LogP contribution in [0.5, 0.6) is 0 Å². The van der Waals surface area contributed by atoms with Crippen LogP contribution in [0.15, 0.2) is 12.2 Å². The first-order valence-electron chi connectivity index (χ1n) is 4.40. The highest BCUT2D eigenvalue weighted by molar-refractivity contribution is 4.89. The first-order valence-corrected chi connectivity index (χ1v) is 4.40. The van der Waals surface area contributed by atoms with Gasteiger partial charge in [0.05, 0.1) is 0 Å². The third-order valence-electron chi connectivity index (χ3n) is 1.76. The summed E-state index contributed by atoms with van der Waals surface area (Å²) >= 11 is 0. The molecule has 2 heteroatoms. The summed E-state index contributed by atoms with van der Waals surface area (Å²) in [6, 6.07) is 0. The van der Waals surface area contributed by atoms with Gasteiger partial charge < -0.3 is 0 Å². The molecule has 0 saturated heterocycles. The number of allylic oxidation sites excluding steroid dienone is 2. The van der Waals surface area contributed by atoms with Gasteiger partial charge in [0, 0.05) is 12.3 Å². The highest BCUT2D eigenvalue weighted by Gasteiger charge is 2.31. The Morgan fingerprint density at radius 2 is 1.67 bits per heavy atom. The Morgan fingerprint density at radius 1 is 1.17 bits per heavy atom. The van der Waals surface area contributed by atoms with Gasteiger partial charge in [-0.1, -0.05) is 39.8 Å². The number of halogens is 2. The molecule has 72 valence electrons. The van der Waals surface area contributed by atoms with E-state index in [1.807, 2.05) is 19.9 Å². The van der Waals surface area contributed by atoms with Crippen molar-refractivity contribution in [1.29, 1.82) is 0 Å². The minimum atomic E-state index is -2.55. The van der Waals surface area contributed by atoms with Crippen LogP contribution in [0.4, 0.5) is 8.78 Å². The maximum atomic E-state index is 12.9. The standard InChI is InChI=1S/C10H18F2/c1-8(2)6-5-7-10(11,12)9(3)4/h5-6,8-9H,7H2,1-4H3/b6-5+. The molecule has 0 radical (unpaired) electrons. The first-order chi connectivity index (χ1) is 5.36. The van der Waals surface area contributed by atoms with Crippen LogP contribution in [0.25, 0.3) is 0 Å². The van der Waals surface area contributed by atoms with Gasteiger partial charge in [-0.15, -0.1) is 0 Å². The van der Waals surface area contributed by atoms with Crippen LogP contribution in [0, 0.1) is 11.8 Å². The van der Waals surface area contributed by atoms with Crippen molar-refractivity contribution in [1.82, 2.24) is 0 Å². The molecule has 0 nitrogen and oxygen atoms in total. The first kappa shape index (κ1) is 11.6. The molecule has 0 atom stereocenters. The summed E-state index contributed by atoms with van der Waals surface area (Å²) < 4.78 is 25.9. The van der Waals surface area contributed by atoms with Gasteiger partial charge in [-0.05, 0) is 5.92 Å². The monoisotopic (exact) mass is 176 g/mol. The van der Waals surface area contributed by atoms with E-state index in [9.17, 15) is 8.78 Å². The Bertz CT molecular complexity index is 146. The number of rotatable bonds is 4. The summed E-state index contributed by atoms with van der Waals surface area (Å²) in [6.07, 6.45) is 3.25. The molecule has 0 heterocycles. The Morgan fingerprint density at radius 3 is 2.00 bits per heavy atom. The van der Waals surface area contributed by atoms with E-state index in [-0.39, 0.29) is 6.42 Å². The van der Waals surface area contributed by atoms with E-state index >= 15 is 0 Å². The van der Waals surface area contributed by atoms with Crippen LogP contribution in [-0.2, 0) is 0 Å². The minimum absolute atomic E-state index is 0.136. The average Bonchev–Trinajstić information content (AvgIpc) is 1.85. The van der Waals surface area contributed by atoms with Crippen LogP contribution >= 0.6 is 0 Å². The van der Waals surface area contributed by atoms with Crippen LogP contribution in [0.2, 0.25) is 0 Å². The fourth-order valence-corrected chi connectivity index (χ4v) is 0.733. The fraction of sp³-hybridized carbons (Fsp3) is 0.800. The molecule has 0 N–H and O–H groups in total.